The zero-order valence-corrected chi connectivity index (χ0v) is 11.2. The van der Waals surface area contributed by atoms with Crippen molar-refractivity contribution < 1.29 is 21.6 Å². The van der Waals surface area contributed by atoms with Crippen LogP contribution in [-0.2, 0) is 16.6 Å². The molecular formula is C9H13F3N2O2S2. The van der Waals surface area contributed by atoms with Crippen LogP contribution in [0.3, 0.4) is 0 Å². The first kappa shape index (κ1) is 15.4. The molecule has 0 aliphatic heterocycles. The van der Waals surface area contributed by atoms with Gasteiger partial charge in [0.25, 0.3) is 10.0 Å². The monoisotopic (exact) mass is 302 g/mol. The highest BCUT2D eigenvalue weighted by Crippen LogP contribution is 2.26. The van der Waals surface area contributed by atoms with Gasteiger partial charge in [-0.25, -0.2) is 8.42 Å². The Morgan fingerprint density at radius 2 is 2.06 bits per heavy atom. The van der Waals surface area contributed by atoms with Crippen molar-refractivity contribution in [2.45, 2.75) is 23.9 Å². The Balaban J connectivity index is 3.03. The lowest BCUT2D eigenvalue weighted by atomic mass is 10.4. The van der Waals surface area contributed by atoms with Crippen LogP contribution in [0, 0.1) is 0 Å². The van der Waals surface area contributed by atoms with E-state index in [1.807, 2.05) is 0 Å². The Morgan fingerprint density at radius 1 is 1.44 bits per heavy atom. The Bertz CT molecular complexity index is 496. The Morgan fingerprint density at radius 3 is 2.44 bits per heavy atom. The molecule has 18 heavy (non-hydrogen) atoms. The van der Waals surface area contributed by atoms with E-state index >= 15 is 0 Å². The number of rotatable bonds is 5. The minimum Gasteiger partial charge on any atom is -0.326 e. The van der Waals surface area contributed by atoms with Crippen LogP contribution in [0.5, 0.6) is 0 Å². The zero-order valence-electron chi connectivity index (χ0n) is 9.57. The molecule has 0 radical (unpaired) electrons. The number of sulfonamides is 1. The van der Waals surface area contributed by atoms with Gasteiger partial charge in [-0.1, -0.05) is 6.92 Å². The van der Waals surface area contributed by atoms with E-state index < -0.39 is 22.7 Å². The lowest BCUT2D eigenvalue weighted by Gasteiger charge is -2.20. The van der Waals surface area contributed by atoms with E-state index in [9.17, 15) is 21.6 Å². The van der Waals surface area contributed by atoms with E-state index in [4.69, 9.17) is 5.73 Å². The summed E-state index contributed by atoms with van der Waals surface area (Å²) in [5, 5.41) is 1.52. The van der Waals surface area contributed by atoms with Gasteiger partial charge in [-0.05, 0) is 17.0 Å². The van der Waals surface area contributed by atoms with E-state index in [1.54, 1.807) is 0 Å². The Hall–Kier alpha value is -0.640. The molecule has 0 saturated carbocycles. The molecule has 0 unspecified atom stereocenters. The van der Waals surface area contributed by atoms with E-state index in [0.29, 0.717) is 9.87 Å². The molecule has 104 valence electrons. The second kappa shape index (κ2) is 5.55. The third-order valence-electron chi connectivity index (χ3n) is 2.17. The molecule has 0 fully saturated rings. The van der Waals surface area contributed by atoms with Gasteiger partial charge in [-0.3, -0.25) is 0 Å². The molecular weight excluding hydrogens is 289 g/mol. The zero-order chi connectivity index (χ0) is 14.0. The molecule has 0 spiro atoms. The topological polar surface area (TPSA) is 63.4 Å². The van der Waals surface area contributed by atoms with E-state index in [1.165, 1.54) is 18.4 Å². The SMILES string of the molecule is CCN(CC(F)(F)F)S(=O)(=O)c1cc(CN)cs1. The van der Waals surface area contributed by atoms with Crippen LogP contribution >= 0.6 is 11.3 Å². The van der Waals surface area contributed by atoms with Crippen molar-refractivity contribution in [3.8, 4) is 0 Å². The molecule has 1 rings (SSSR count). The van der Waals surface area contributed by atoms with Gasteiger partial charge in [-0.2, -0.15) is 17.5 Å². The minimum absolute atomic E-state index is 0.117. The van der Waals surface area contributed by atoms with Gasteiger partial charge in [0.05, 0.1) is 0 Å². The summed E-state index contributed by atoms with van der Waals surface area (Å²) >= 11 is 0.874. The summed E-state index contributed by atoms with van der Waals surface area (Å²) in [6, 6.07) is 1.30. The van der Waals surface area contributed by atoms with Crippen molar-refractivity contribution >= 4 is 21.4 Å². The normalized spacial score (nSPS) is 13.2. The fourth-order valence-corrected chi connectivity index (χ4v) is 4.10. The number of nitrogens with zero attached hydrogens (tertiary/aromatic N) is 1. The molecule has 0 aromatic carbocycles. The lowest BCUT2D eigenvalue weighted by molar-refractivity contribution is -0.135. The van der Waals surface area contributed by atoms with E-state index in [2.05, 4.69) is 0 Å². The highest BCUT2D eigenvalue weighted by atomic mass is 32.2. The highest BCUT2D eigenvalue weighted by molar-refractivity contribution is 7.91. The number of hydrogen-bond donors (Lipinski definition) is 1. The van der Waals surface area contributed by atoms with Crippen molar-refractivity contribution in [3.05, 3.63) is 17.0 Å². The van der Waals surface area contributed by atoms with Crippen molar-refractivity contribution in [1.29, 1.82) is 0 Å². The molecule has 1 aromatic heterocycles. The van der Waals surface area contributed by atoms with Crippen molar-refractivity contribution in [2.24, 2.45) is 5.73 Å². The molecule has 9 heteroatoms. The highest BCUT2D eigenvalue weighted by Gasteiger charge is 2.36. The summed E-state index contributed by atoms with van der Waals surface area (Å²) in [5.41, 5.74) is 5.92. The maximum absolute atomic E-state index is 12.3. The molecule has 2 N–H and O–H groups in total. The summed E-state index contributed by atoms with van der Waals surface area (Å²) in [7, 11) is -4.10. The number of thiophene rings is 1. The molecule has 4 nitrogen and oxygen atoms in total. The van der Waals surface area contributed by atoms with Crippen LogP contribution in [0.1, 0.15) is 12.5 Å². The first-order valence-electron chi connectivity index (χ1n) is 5.05. The quantitative estimate of drug-likeness (QED) is 0.902. The van der Waals surface area contributed by atoms with Crippen LogP contribution in [0.15, 0.2) is 15.7 Å². The summed E-state index contributed by atoms with van der Waals surface area (Å²) in [4.78, 5) is 0. The van der Waals surface area contributed by atoms with Gasteiger partial charge in [0.1, 0.15) is 10.8 Å². The predicted molar refractivity (Wildman–Crippen MR) is 62.7 cm³/mol. The first-order chi connectivity index (χ1) is 8.20. The number of hydrogen-bond acceptors (Lipinski definition) is 4. The van der Waals surface area contributed by atoms with E-state index in [-0.39, 0.29) is 17.3 Å². The maximum atomic E-state index is 12.3. The third kappa shape index (κ3) is 3.67. The Labute approximate surface area is 107 Å². The largest absolute Gasteiger partial charge is 0.402 e. The van der Waals surface area contributed by atoms with Gasteiger partial charge >= 0.3 is 6.18 Å². The smallest absolute Gasteiger partial charge is 0.326 e. The first-order valence-corrected chi connectivity index (χ1v) is 7.37. The fourth-order valence-electron chi connectivity index (χ4n) is 1.29. The fraction of sp³-hybridized carbons (Fsp3) is 0.556. The molecule has 1 heterocycles. The summed E-state index contributed by atoms with van der Waals surface area (Å²) in [5.74, 6) is 0. The maximum Gasteiger partial charge on any atom is 0.402 e. The number of halogens is 3. The van der Waals surface area contributed by atoms with Crippen LogP contribution in [-0.4, -0.2) is 32.0 Å². The predicted octanol–water partition coefficient (Wildman–Crippen LogP) is 1.78. The van der Waals surface area contributed by atoms with Crippen molar-refractivity contribution in [3.63, 3.8) is 0 Å². The molecule has 0 atom stereocenters. The van der Waals surface area contributed by atoms with Crippen LogP contribution < -0.4 is 5.73 Å². The van der Waals surface area contributed by atoms with Gasteiger partial charge in [-0.15, -0.1) is 11.3 Å². The second-order valence-electron chi connectivity index (χ2n) is 3.52. The van der Waals surface area contributed by atoms with Gasteiger partial charge in [0.15, 0.2) is 0 Å². The number of nitrogens with two attached hydrogens (primary N) is 1. The molecule has 0 aliphatic carbocycles. The van der Waals surface area contributed by atoms with Gasteiger partial charge in [0.2, 0.25) is 0 Å². The molecule has 0 amide bonds. The molecule has 0 aliphatic rings. The van der Waals surface area contributed by atoms with Crippen LogP contribution in [0.25, 0.3) is 0 Å². The molecule has 0 bridgehead atoms. The molecule has 1 aromatic rings. The average Bonchev–Trinajstić information content (AvgIpc) is 2.73. The van der Waals surface area contributed by atoms with Crippen LogP contribution in [0.4, 0.5) is 13.2 Å². The van der Waals surface area contributed by atoms with Crippen molar-refractivity contribution in [1.82, 2.24) is 4.31 Å². The van der Waals surface area contributed by atoms with Gasteiger partial charge < -0.3 is 5.73 Å². The lowest BCUT2D eigenvalue weighted by Crippen LogP contribution is -2.38. The van der Waals surface area contributed by atoms with E-state index in [0.717, 1.165) is 11.3 Å². The summed E-state index contributed by atoms with van der Waals surface area (Å²) in [6.07, 6.45) is -4.56. The van der Waals surface area contributed by atoms with Crippen molar-refractivity contribution in [2.75, 3.05) is 13.1 Å². The van der Waals surface area contributed by atoms with Crippen LogP contribution in [0.2, 0.25) is 0 Å². The molecule has 0 saturated heterocycles. The second-order valence-corrected chi connectivity index (χ2v) is 6.60. The Kier molecular flexibility index (Phi) is 4.76. The average molecular weight is 302 g/mol. The minimum atomic E-state index is -4.56. The summed E-state index contributed by atoms with van der Waals surface area (Å²) in [6.45, 7) is -0.211. The van der Waals surface area contributed by atoms with Gasteiger partial charge in [0, 0.05) is 13.1 Å². The standard InChI is InChI=1S/C9H13F3N2O2S2/c1-2-14(6-9(10,11)12)18(15,16)8-3-7(4-13)5-17-8/h3,5H,2,4,6,13H2,1H3. The number of alkyl halides is 3. The third-order valence-corrected chi connectivity index (χ3v) is 5.55. The summed E-state index contributed by atoms with van der Waals surface area (Å²) < 4.78 is 61.1.